The summed E-state index contributed by atoms with van der Waals surface area (Å²) < 4.78 is 0. The van der Waals surface area contributed by atoms with Gasteiger partial charge in [-0.15, -0.1) is 11.6 Å². The van der Waals surface area contributed by atoms with Crippen molar-refractivity contribution in [2.75, 3.05) is 11.2 Å². The van der Waals surface area contributed by atoms with Crippen LogP contribution in [0.2, 0.25) is 0 Å². The molecule has 17 heavy (non-hydrogen) atoms. The van der Waals surface area contributed by atoms with Gasteiger partial charge in [-0.25, -0.2) is 0 Å². The van der Waals surface area contributed by atoms with E-state index in [0.717, 1.165) is 18.5 Å². The van der Waals surface area contributed by atoms with Crippen molar-refractivity contribution in [1.82, 2.24) is 0 Å². The van der Waals surface area contributed by atoms with Gasteiger partial charge in [0.25, 0.3) is 0 Å². The van der Waals surface area contributed by atoms with Crippen molar-refractivity contribution in [1.29, 1.82) is 0 Å². The van der Waals surface area contributed by atoms with Crippen molar-refractivity contribution in [3.63, 3.8) is 0 Å². The molecule has 0 fully saturated rings. The number of hydrogen-bond donors (Lipinski definition) is 1. The number of amides is 1. The average molecular weight is 254 g/mol. The first kappa shape index (κ1) is 14.0. The van der Waals surface area contributed by atoms with Crippen LogP contribution in [0, 0.1) is 5.92 Å². The molecule has 0 radical (unpaired) electrons. The predicted octanol–water partition coefficient (Wildman–Crippen LogP) is 3.84. The molecule has 0 atom stereocenters. The molecule has 0 saturated heterocycles. The highest BCUT2D eigenvalue weighted by molar-refractivity contribution is 6.17. The van der Waals surface area contributed by atoms with Crippen LogP contribution >= 0.6 is 11.6 Å². The SMILES string of the molecule is CC(C)CC(=O)Nc1cccc(CCCCl)c1. The van der Waals surface area contributed by atoms with Gasteiger partial charge >= 0.3 is 0 Å². The summed E-state index contributed by atoms with van der Waals surface area (Å²) in [6.45, 7) is 4.08. The zero-order valence-electron chi connectivity index (χ0n) is 10.5. The smallest absolute Gasteiger partial charge is 0.224 e. The molecule has 0 aromatic heterocycles. The number of benzene rings is 1. The van der Waals surface area contributed by atoms with Crippen LogP contribution in [0.3, 0.4) is 0 Å². The number of aryl methyl sites for hydroxylation is 1. The first-order valence-electron chi connectivity index (χ1n) is 6.06. The molecule has 0 heterocycles. The van der Waals surface area contributed by atoms with E-state index in [4.69, 9.17) is 11.6 Å². The molecule has 1 amide bonds. The van der Waals surface area contributed by atoms with Crippen molar-refractivity contribution < 1.29 is 4.79 Å². The number of anilines is 1. The fourth-order valence-corrected chi connectivity index (χ4v) is 1.79. The summed E-state index contributed by atoms with van der Waals surface area (Å²) in [4.78, 5) is 11.6. The second-order valence-electron chi connectivity index (χ2n) is 4.64. The third-order valence-corrected chi connectivity index (χ3v) is 2.67. The van der Waals surface area contributed by atoms with Crippen molar-refractivity contribution in [2.45, 2.75) is 33.1 Å². The van der Waals surface area contributed by atoms with E-state index < -0.39 is 0 Å². The van der Waals surface area contributed by atoms with Gasteiger partial charge < -0.3 is 5.32 Å². The summed E-state index contributed by atoms with van der Waals surface area (Å²) >= 11 is 5.66. The van der Waals surface area contributed by atoms with E-state index in [2.05, 4.69) is 11.4 Å². The van der Waals surface area contributed by atoms with E-state index in [1.807, 2.05) is 32.0 Å². The summed E-state index contributed by atoms with van der Waals surface area (Å²) in [5, 5.41) is 2.92. The Morgan fingerprint density at radius 1 is 1.41 bits per heavy atom. The van der Waals surface area contributed by atoms with Gasteiger partial charge in [-0.3, -0.25) is 4.79 Å². The first-order chi connectivity index (χ1) is 8.11. The lowest BCUT2D eigenvalue weighted by Crippen LogP contribution is -2.13. The van der Waals surface area contributed by atoms with Gasteiger partial charge in [0.1, 0.15) is 0 Å². The predicted molar refractivity (Wildman–Crippen MR) is 73.6 cm³/mol. The number of carbonyl (C=O) groups is 1. The Morgan fingerprint density at radius 3 is 2.82 bits per heavy atom. The van der Waals surface area contributed by atoms with E-state index in [9.17, 15) is 4.79 Å². The minimum atomic E-state index is 0.0782. The lowest BCUT2D eigenvalue weighted by molar-refractivity contribution is -0.116. The van der Waals surface area contributed by atoms with E-state index in [0.29, 0.717) is 18.2 Å². The van der Waals surface area contributed by atoms with Gasteiger partial charge in [-0.1, -0.05) is 26.0 Å². The number of rotatable bonds is 6. The van der Waals surface area contributed by atoms with Gasteiger partial charge in [0, 0.05) is 18.0 Å². The van der Waals surface area contributed by atoms with Crippen LogP contribution in [0.15, 0.2) is 24.3 Å². The number of alkyl halides is 1. The maximum Gasteiger partial charge on any atom is 0.224 e. The Labute approximate surface area is 108 Å². The maximum absolute atomic E-state index is 11.6. The van der Waals surface area contributed by atoms with Gasteiger partial charge in [0.05, 0.1) is 0 Å². The molecular formula is C14H20ClNO. The van der Waals surface area contributed by atoms with E-state index in [1.54, 1.807) is 0 Å². The van der Waals surface area contributed by atoms with Crippen LogP contribution in [-0.2, 0) is 11.2 Å². The monoisotopic (exact) mass is 253 g/mol. The standard InChI is InChI=1S/C14H20ClNO/c1-11(2)9-14(17)16-13-7-3-5-12(10-13)6-4-8-15/h3,5,7,10-11H,4,6,8-9H2,1-2H3,(H,16,17). The highest BCUT2D eigenvalue weighted by atomic mass is 35.5. The van der Waals surface area contributed by atoms with E-state index in [1.165, 1.54) is 5.56 Å². The van der Waals surface area contributed by atoms with Gasteiger partial charge in [-0.2, -0.15) is 0 Å². The molecule has 0 aliphatic rings. The quantitative estimate of drug-likeness (QED) is 0.767. The summed E-state index contributed by atoms with van der Waals surface area (Å²) in [7, 11) is 0. The minimum absolute atomic E-state index is 0.0782. The summed E-state index contributed by atoms with van der Waals surface area (Å²) in [6.07, 6.45) is 2.48. The fourth-order valence-electron chi connectivity index (χ4n) is 1.66. The molecule has 1 N–H and O–H groups in total. The maximum atomic E-state index is 11.6. The lowest BCUT2D eigenvalue weighted by Gasteiger charge is -2.08. The molecule has 3 heteroatoms. The number of nitrogens with one attached hydrogen (secondary N) is 1. The van der Waals surface area contributed by atoms with Gasteiger partial charge in [0.15, 0.2) is 0 Å². The first-order valence-corrected chi connectivity index (χ1v) is 6.60. The van der Waals surface area contributed by atoms with Crippen LogP contribution in [0.1, 0.15) is 32.3 Å². The zero-order chi connectivity index (χ0) is 12.7. The van der Waals surface area contributed by atoms with Crippen LogP contribution in [0.25, 0.3) is 0 Å². The Bertz CT molecular complexity index is 363. The topological polar surface area (TPSA) is 29.1 Å². The number of halogens is 1. The van der Waals surface area contributed by atoms with Crippen LogP contribution in [0.4, 0.5) is 5.69 Å². The molecule has 0 aliphatic heterocycles. The Balaban J connectivity index is 2.56. The molecule has 2 nitrogen and oxygen atoms in total. The summed E-state index contributed by atoms with van der Waals surface area (Å²) in [5.74, 6) is 1.13. The molecule has 0 aliphatic carbocycles. The van der Waals surface area contributed by atoms with Gasteiger partial charge in [0.2, 0.25) is 5.91 Å². The van der Waals surface area contributed by atoms with Crippen LogP contribution in [-0.4, -0.2) is 11.8 Å². The molecule has 1 aromatic carbocycles. The highest BCUT2D eigenvalue weighted by Gasteiger charge is 2.05. The number of hydrogen-bond acceptors (Lipinski definition) is 1. The molecule has 0 unspecified atom stereocenters. The summed E-state index contributed by atoms with van der Waals surface area (Å²) in [5.41, 5.74) is 2.09. The molecule has 1 rings (SSSR count). The third-order valence-electron chi connectivity index (χ3n) is 2.40. The average Bonchev–Trinajstić information content (AvgIpc) is 2.25. The molecule has 0 saturated carbocycles. The minimum Gasteiger partial charge on any atom is -0.326 e. The molecule has 0 spiro atoms. The second-order valence-corrected chi connectivity index (χ2v) is 5.02. The summed E-state index contributed by atoms with van der Waals surface area (Å²) in [6, 6.07) is 7.96. The lowest BCUT2D eigenvalue weighted by atomic mass is 10.1. The van der Waals surface area contributed by atoms with Crippen molar-refractivity contribution in [3.8, 4) is 0 Å². The third kappa shape index (κ3) is 5.73. The molecule has 1 aromatic rings. The fraction of sp³-hybridized carbons (Fsp3) is 0.500. The van der Waals surface area contributed by atoms with Gasteiger partial charge in [-0.05, 0) is 36.5 Å². The van der Waals surface area contributed by atoms with Crippen molar-refractivity contribution >= 4 is 23.2 Å². The molecule has 94 valence electrons. The second kappa shape index (κ2) is 7.33. The molecular weight excluding hydrogens is 234 g/mol. The largest absolute Gasteiger partial charge is 0.326 e. The van der Waals surface area contributed by atoms with E-state index >= 15 is 0 Å². The number of carbonyl (C=O) groups excluding carboxylic acids is 1. The Hall–Kier alpha value is -1.02. The van der Waals surface area contributed by atoms with Crippen molar-refractivity contribution in [3.05, 3.63) is 29.8 Å². The highest BCUT2D eigenvalue weighted by Crippen LogP contribution is 2.13. The normalized spacial score (nSPS) is 10.6. The van der Waals surface area contributed by atoms with Crippen LogP contribution in [0.5, 0.6) is 0 Å². The molecule has 0 bridgehead atoms. The Kier molecular flexibility index (Phi) is 6.06. The van der Waals surface area contributed by atoms with Crippen molar-refractivity contribution in [2.24, 2.45) is 5.92 Å². The van der Waals surface area contributed by atoms with E-state index in [-0.39, 0.29) is 5.91 Å². The zero-order valence-corrected chi connectivity index (χ0v) is 11.3. The Morgan fingerprint density at radius 2 is 2.18 bits per heavy atom. The van der Waals surface area contributed by atoms with Crippen LogP contribution < -0.4 is 5.32 Å².